The number of amides is 2. The van der Waals surface area contributed by atoms with Gasteiger partial charge in [0, 0.05) is 35.9 Å². The Bertz CT molecular complexity index is 1010. The SMILES string of the molecule is CC(C)C(=O)Nc1ccc(NC(=O)c2cccc(S(=O)(=O)N3CCCCC3)c2)cc1. The van der Waals surface area contributed by atoms with E-state index in [1.165, 1.54) is 16.4 Å². The molecule has 0 atom stereocenters. The smallest absolute Gasteiger partial charge is 0.255 e. The van der Waals surface area contributed by atoms with Gasteiger partial charge in [0.1, 0.15) is 0 Å². The van der Waals surface area contributed by atoms with Crippen molar-refractivity contribution in [2.24, 2.45) is 5.92 Å². The summed E-state index contributed by atoms with van der Waals surface area (Å²) in [5, 5.41) is 5.55. The molecule has 1 aliphatic heterocycles. The molecule has 1 aliphatic rings. The third-order valence-electron chi connectivity index (χ3n) is 4.98. The lowest BCUT2D eigenvalue weighted by atomic mass is 10.2. The largest absolute Gasteiger partial charge is 0.326 e. The first-order valence-electron chi connectivity index (χ1n) is 10.1. The molecule has 0 aromatic heterocycles. The average Bonchev–Trinajstić information content (AvgIpc) is 2.75. The number of piperidine rings is 1. The third-order valence-corrected chi connectivity index (χ3v) is 6.88. The maximum Gasteiger partial charge on any atom is 0.255 e. The van der Waals surface area contributed by atoms with Crippen molar-refractivity contribution in [3.8, 4) is 0 Å². The van der Waals surface area contributed by atoms with E-state index in [1.54, 1.807) is 36.4 Å². The molecule has 2 aromatic rings. The normalized spacial score (nSPS) is 15.0. The first-order valence-corrected chi connectivity index (χ1v) is 11.5. The predicted octanol–water partition coefficient (Wildman–Crippen LogP) is 3.71. The lowest BCUT2D eigenvalue weighted by Gasteiger charge is -2.26. The van der Waals surface area contributed by atoms with Crippen LogP contribution in [0.15, 0.2) is 53.4 Å². The highest BCUT2D eigenvalue weighted by molar-refractivity contribution is 7.89. The summed E-state index contributed by atoms with van der Waals surface area (Å²) in [5.41, 5.74) is 1.46. The molecular formula is C22H27N3O4S. The van der Waals surface area contributed by atoms with Crippen molar-refractivity contribution in [3.63, 3.8) is 0 Å². The summed E-state index contributed by atoms with van der Waals surface area (Å²) in [6.45, 7) is 4.64. The minimum atomic E-state index is -3.60. The molecule has 30 heavy (non-hydrogen) atoms. The van der Waals surface area contributed by atoms with Crippen molar-refractivity contribution in [2.45, 2.75) is 38.0 Å². The molecule has 160 valence electrons. The van der Waals surface area contributed by atoms with Crippen molar-refractivity contribution in [1.29, 1.82) is 0 Å². The van der Waals surface area contributed by atoms with Gasteiger partial charge in [-0.15, -0.1) is 0 Å². The van der Waals surface area contributed by atoms with Crippen LogP contribution >= 0.6 is 0 Å². The van der Waals surface area contributed by atoms with E-state index in [2.05, 4.69) is 10.6 Å². The second kappa shape index (κ2) is 9.40. The molecule has 8 heteroatoms. The summed E-state index contributed by atoms with van der Waals surface area (Å²) in [7, 11) is -3.60. The van der Waals surface area contributed by atoms with E-state index in [0.29, 0.717) is 24.5 Å². The molecule has 7 nitrogen and oxygen atoms in total. The highest BCUT2D eigenvalue weighted by Gasteiger charge is 2.26. The van der Waals surface area contributed by atoms with Crippen LogP contribution in [0.3, 0.4) is 0 Å². The molecular weight excluding hydrogens is 402 g/mol. The Morgan fingerprint density at radius 3 is 2.10 bits per heavy atom. The predicted molar refractivity (Wildman–Crippen MR) is 117 cm³/mol. The number of carbonyl (C=O) groups is 2. The van der Waals surface area contributed by atoms with E-state index in [9.17, 15) is 18.0 Å². The summed E-state index contributed by atoms with van der Waals surface area (Å²) in [6, 6.07) is 12.9. The van der Waals surface area contributed by atoms with Crippen molar-refractivity contribution in [2.75, 3.05) is 23.7 Å². The van der Waals surface area contributed by atoms with Crippen molar-refractivity contribution >= 4 is 33.2 Å². The Morgan fingerprint density at radius 2 is 1.50 bits per heavy atom. The molecule has 0 aliphatic carbocycles. The molecule has 2 N–H and O–H groups in total. The summed E-state index contributed by atoms with van der Waals surface area (Å²) in [5.74, 6) is -0.610. The van der Waals surface area contributed by atoms with Gasteiger partial charge in [-0.2, -0.15) is 4.31 Å². The number of hydrogen-bond donors (Lipinski definition) is 2. The van der Waals surface area contributed by atoms with Crippen LogP contribution in [0.4, 0.5) is 11.4 Å². The highest BCUT2D eigenvalue weighted by Crippen LogP contribution is 2.22. The molecule has 1 saturated heterocycles. The molecule has 3 rings (SSSR count). The van der Waals surface area contributed by atoms with Crippen LogP contribution in [0.5, 0.6) is 0 Å². The Labute approximate surface area is 177 Å². The first-order chi connectivity index (χ1) is 14.3. The third kappa shape index (κ3) is 5.25. The summed E-state index contributed by atoms with van der Waals surface area (Å²) in [6.07, 6.45) is 2.74. The van der Waals surface area contributed by atoms with Crippen LogP contribution in [-0.2, 0) is 14.8 Å². The summed E-state index contributed by atoms with van der Waals surface area (Å²) < 4.78 is 27.2. The van der Waals surface area contributed by atoms with Gasteiger partial charge < -0.3 is 10.6 Å². The van der Waals surface area contributed by atoms with Crippen LogP contribution in [-0.4, -0.2) is 37.6 Å². The number of rotatable bonds is 6. The van der Waals surface area contributed by atoms with E-state index in [0.717, 1.165) is 19.3 Å². The van der Waals surface area contributed by atoms with Crippen LogP contribution < -0.4 is 10.6 Å². The molecule has 0 saturated carbocycles. The standard InChI is InChI=1S/C22H27N3O4S/c1-16(2)21(26)23-18-9-11-19(12-10-18)24-22(27)17-7-6-8-20(15-17)30(28,29)25-13-4-3-5-14-25/h6-12,15-16H,3-5,13-14H2,1-2H3,(H,23,26)(H,24,27). The minimum absolute atomic E-state index is 0.0847. The van der Waals surface area contributed by atoms with Gasteiger partial charge in [0.15, 0.2) is 0 Å². The maximum atomic E-state index is 12.9. The fourth-order valence-electron chi connectivity index (χ4n) is 3.18. The highest BCUT2D eigenvalue weighted by atomic mass is 32.2. The molecule has 2 amide bonds. The zero-order valence-electron chi connectivity index (χ0n) is 17.2. The second-order valence-electron chi connectivity index (χ2n) is 7.67. The Hall–Kier alpha value is -2.71. The summed E-state index contributed by atoms with van der Waals surface area (Å²) in [4.78, 5) is 24.5. The fourth-order valence-corrected chi connectivity index (χ4v) is 4.74. The molecule has 1 fully saturated rings. The number of carbonyl (C=O) groups excluding carboxylic acids is 2. The summed E-state index contributed by atoms with van der Waals surface area (Å²) >= 11 is 0. The Kier molecular flexibility index (Phi) is 6.89. The quantitative estimate of drug-likeness (QED) is 0.732. The molecule has 0 radical (unpaired) electrons. The second-order valence-corrected chi connectivity index (χ2v) is 9.61. The monoisotopic (exact) mass is 429 g/mol. The number of hydrogen-bond acceptors (Lipinski definition) is 4. The van der Waals surface area contributed by atoms with E-state index in [-0.39, 0.29) is 22.3 Å². The van der Waals surface area contributed by atoms with Gasteiger partial charge in [0.25, 0.3) is 5.91 Å². The van der Waals surface area contributed by atoms with E-state index in [1.807, 2.05) is 13.8 Å². The number of benzene rings is 2. The van der Waals surface area contributed by atoms with Gasteiger partial charge in [0.2, 0.25) is 15.9 Å². The fraction of sp³-hybridized carbons (Fsp3) is 0.364. The minimum Gasteiger partial charge on any atom is -0.326 e. The van der Waals surface area contributed by atoms with Gasteiger partial charge in [-0.3, -0.25) is 9.59 Å². The zero-order chi connectivity index (χ0) is 21.7. The lowest BCUT2D eigenvalue weighted by Crippen LogP contribution is -2.35. The van der Waals surface area contributed by atoms with Crippen LogP contribution in [0, 0.1) is 5.92 Å². The first kappa shape index (κ1) is 22.0. The number of nitrogens with zero attached hydrogens (tertiary/aromatic N) is 1. The van der Waals surface area contributed by atoms with Crippen LogP contribution in [0.2, 0.25) is 0 Å². The van der Waals surface area contributed by atoms with Gasteiger partial charge in [-0.05, 0) is 55.3 Å². The molecule has 0 spiro atoms. The van der Waals surface area contributed by atoms with E-state index in [4.69, 9.17) is 0 Å². The van der Waals surface area contributed by atoms with Crippen LogP contribution in [0.1, 0.15) is 43.5 Å². The van der Waals surface area contributed by atoms with Gasteiger partial charge in [-0.25, -0.2) is 8.42 Å². The van der Waals surface area contributed by atoms with Crippen LogP contribution in [0.25, 0.3) is 0 Å². The van der Waals surface area contributed by atoms with E-state index >= 15 is 0 Å². The number of nitrogens with one attached hydrogen (secondary N) is 2. The molecule has 2 aromatic carbocycles. The average molecular weight is 430 g/mol. The Morgan fingerprint density at radius 1 is 0.900 bits per heavy atom. The molecule has 0 unspecified atom stereocenters. The molecule has 1 heterocycles. The lowest BCUT2D eigenvalue weighted by molar-refractivity contribution is -0.118. The van der Waals surface area contributed by atoms with Gasteiger partial charge in [-0.1, -0.05) is 26.3 Å². The topological polar surface area (TPSA) is 95.6 Å². The van der Waals surface area contributed by atoms with Gasteiger partial charge in [0.05, 0.1) is 4.90 Å². The maximum absolute atomic E-state index is 12.9. The van der Waals surface area contributed by atoms with Crippen molar-refractivity contribution in [1.82, 2.24) is 4.31 Å². The Balaban J connectivity index is 1.70. The van der Waals surface area contributed by atoms with Gasteiger partial charge >= 0.3 is 0 Å². The number of sulfonamides is 1. The number of anilines is 2. The van der Waals surface area contributed by atoms with Crippen molar-refractivity contribution < 1.29 is 18.0 Å². The zero-order valence-corrected chi connectivity index (χ0v) is 18.0. The molecule has 0 bridgehead atoms. The van der Waals surface area contributed by atoms with Crippen molar-refractivity contribution in [3.05, 3.63) is 54.1 Å². The van der Waals surface area contributed by atoms with E-state index < -0.39 is 15.9 Å².